The van der Waals surface area contributed by atoms with Crippen LogP contribution in [0.3, 0.4) is 0 Å². The molecule has 2 heterocycles. The summed E-state index contributed by atoms with van der Waals surface area (Å²) >= 11 is 0. The van der Waals surface area contributed by atoms with Crippen LogP contribution in [0.15, 0.2) is 0 Å². The Labute approximate surface area is 80.5 Å². The molecule has 4 atom stereocenters. The number of rotatable bonds is 1. The van der Waals surface area contributed by atoms with Crippen LogP contribution in [0.1, 0.15) is 32.1 Å². The summed E-state index contributed by atoms with van der Waals surface area (Å²) < 4.78 is 0. The number of piperidine rings is 1. The van der Waals surface area contributed by atoms with E-state index in [1.807, 2.05) is 0 Å². The molecule has 13 heavy (non-hydrogen) atoms. The van der Waals surface area contributed by atoms with E-state index in [1.54, 1.807) is 0 Å². The second-order valence-electron chi connectivity index (χ2n) is 5.28. The van der Waals surface area contributed by atoms with Gasteiger partial charge in [-0.1, -0.05) is 0 Å². The zero-order valence-corrected chi connectivity index (χ0v) is 8.45. The maximum atomic E-state index is 6.28. The third kappa shape index (κ3) is 1.15. The van der Waals surface area contributed by atoms with Crippen molar-refractivity contribution in [2.45, 2.75) is 50.2 Å². The smallest absolute Gasteiger partial charge is 0.0141 e. The summed E-state index contributed by atoms with van der Waals surface area (Å²) in [5, 5.41) is 0. The molecule has 0 spiro atoms. The number of nitrogens with two attached hydrogens (primary N) is 1. The molecule has 2 N–H and O–H groups in total. The molecule has 2 saturated heterocycles. The minimum atomic E-state index is 0.515. The van der Waals surface area contributed by atoms with Crippen molar-refractivity contribution in [1.29, 1.82) is 0 Å². The van der Waals surface area contributed by atoms with Crippen LogP contribution in [0, 0.1) is 11.8 Å². The van der Waals surface area contributed by atoms with Gasteiger partial charge in [-0.05, 0) is 51.0 Å². The molecule has 3 rings (SSSR count). The van der Waals surface area contributed by atoms with E-state index in [2.05, 4.69) is 11.9 Å². The molecule has 4 unspecified atom stereocenters. The lowest BCUT2D eigenvalue weighted by molar-refractivity contribution is 0.0893. The molecule has 0 aromatic carbocycles. The Hall–Kier alpha value is -0.0800. The molecule has 3 fully saturated rings. The first-order chi connectivity index (χ1) is 6.27. The van der Waals surface area contributed by atoms with Gasteiger partial charge in [-0.3, -0.25) is 0 Å². The highest BCUT2D eigenvalue weighted by Gasteiger charge is 2.49. The van der Waals surface area contributed by atoms with Crippen molar-refractivity contribution in [2.24, 2.45) is 17.6 Å². The van der Waals surface area contributed by atoms with E-state index in [0.717, 1.165) is 23.9 Å². The summed E-state index contributed by atoms with van der Waals surface area (Å²) in [4.78, 5) is 2.62. The summed E-state index contributed by atoms with van der Waals surface area (Å²) in [5.41, 5.74) is 6.28. The van der Waals surface area contributed by atoms with Gasteiger partial charge in [-0.2, -0.15) is 0 Å². The standard InChI is InChI=1S/C11H20N2/c1-13-8-4-5-10(13)11(7-2-3-7)9(12)6-8/h7-11H,2-6,12H2,1H3. The Kier molecular flexibility index (Phi) is 1.72. The second-order valence-corrected chi connectivity index (χ2v) is 5.28. The predicted molar refractivity (Wildman–Crippen MR) is 53.4 cm³/mol. The van der Waals surface area contributed by atoms with Gasteiger partial charge in [0.2, 0.25) is 0 Å². The van der Waals surface area contributed by atoms with Crippen molar-refractivity contribution in [3.8, 4) is 0 Å². The summed E-state index contributed by atoms with van der Waals surface area (Å²) in [6, 6.07) is 2.16. The zero-order chi connectivity index (χ0) is 9.00. The van der Waals surface area contributed by atoms with E-state index in [-0.39, 0.29) is 0 Å². The van der Waals surface area contributed by atoms with Gasteiger partial charge in [-0.25, -0.2) is 0 Å². The molecule has 3 aliphatic rings. The predicted octanol–water partition coefficient (Wildman–Crippen LogP) is 1.21. The molecule has 0 aromatic rings. The van der Waals surface area contributed by atoms with Gasteiger partial charge in [0.25, 0.3) is 0 Å². The molecule has 2 bridgehead atoms. The first kappa shape index (κ1) is 8.25. The summed E-state index contributed by atoms with van der Waals surface area (Å²) in [6.07, 6.45) is 6.98. The van der Waals surface area contributed by atoms with Crippen LogP contribution in [-0.2, 0) is 0 Å². The third-order valence-electron chi connectivity index (χ3n) is 4.54. The van der Waals surface area contributed by atoms with Gasteiger partial charge in [0.05, 0.1) is 0 Å². The summed E-state index contributed by atoms with van der Waals surface area (Å²) in [5.74, 6) is 1.82. The molecule has 1 saturated carbocycles. The SMILES string of the molecule is CN1C2CCC1C(C1CC1)C(N)C2. The monoisotopic (exact) mass is 180 g/mol. The Balaban J connectivity index is 1.84. The van der Waals surface area contributed by atoms with Crippen LogP contribution >= 0.6 is 0 Å². The molecule has 0 amide bonds. The molecular formula is C11H20N2. The minimum absolute atomic E-state index is 0.515. The van der Waals surface area contributed by atoms with Crippen molar-refractivity contribution in [3.05, 3.63) is 0 Å². The first-order valence-corrected chi connectivity index (χ1v) is 5.75. The van der Waals surface area contributed by atoms with Crippen molar-refractivity contribution in [1.82, 2.24) is 4.90 Å². The fourth-order valence-electron chi connectivity index (χ4n) is 3.69. The third-order valence-corrected chi connectivity index (χ3v) is 4.54. The number of hydrogen-bond donors (Lipinski definition) is 1. The van der Waals surface area contributed by atoms with Crippen LogP contribution in [0.25, 0.3) is 0 Å². The lowest BCUT2D eigenvalue weighted by atomic mass is 9.83. The fraction of sp³-hybridized carbons (Fsp3) is 1.00. The van der Waals surface area contributed by atoms with Crippen LogP contribution in [-0.4, -0.2) is 30.1 Å². The van der Waals surface area contributed by atoms with E-state index < -0.39 is 0 Å². The molecule has 2 aliphatic heterocycles. The van der Waals surface area contributed by atoms with Crippen LogP contribution < -0.4 is 5.73 Å². The molecular weight excluding hydrogens is 160 g/mol. The van der Waals surface area contributed by atoms with E-state index in [9.17, 15) is 0 Å². The topological polar surface area (TPSA) is 29.3 Å². The maximum Gasteiger partial charge on any atom is 0.0141 e. The largest absolute Gasteiger partial charge is 0.327 e. The zero-order valence-electron chi connectivity index (χ0n) is 8.45. The van der Waals surface area contributed by atoms with Gasteiger partial charge in [0, 0.05) is 18.1 Å². The highest BCUT2D eigenvalue weighted by molar-refractivity contribution is 5.04. The quantitative estimate of drug-likeness (QED) is 0.657. The highest BCUT2D eigenvalue weighted by atomic mass is 15.2. The van der Waals surface area contributed by atoms with Gasteiger partial charge < -0.3 is 10.6 Å². The molecule has 0 radical (unpaired) electrons. The lowest BCUT2D eigenvalue weighted by Gasteiger charge is -2.41. The molecule has 74 valence electrons. The number of nitrogens with zero attached hydrogens (tertiary/aromatic N) is 1. The highest BCUT2D eigenvalue weighted by Crippen LogP contribution is 2.48. The average molecular weight is 180 g/mol. The van der Waals surface area contributed by atoms with Gasteiger partial charge in [0.15, 0.2) is 0 Å². The van der Waals surface area contributed by atoms with E-state index in [0.29, 0.717) is 6.04 Å². The fourth-order valence-corrected chi connectivity index (χ4v) is 3.69. The first-order valence-electron chi connectivity index (χ1n) is 5.75. The summed E-state index contributed by atoms with van der Waals surface area (Å²) in [7, 11) is 2.31. The van der Waals surface area contributed by atoms with E-state index in [1.165, 1.54) is 32.1 Å². The molecule has 2 heteroatoms. The molecule has 1 aliphatic carbocycles. The molecule has 2 nitrogen and oxygen atoms in total. The van der Waals surface area contributed by atoms with E-state index in [4.69, 9.17) is 5.73 Å². The van der Waals surface area contributed by atoms with Gasteiger partial charge >= 0.3 is 0 Å². The number of hydrogen-bond acceptors (Lipinski definition) is 2. The van der Waals surface area contributed by atoms with Gasteiger partial charge in [-0.15, -0.1) is 0 Å². The van der Waals surface area contributed by atoms with Gasteiger partial charge in [0.1, 0.15) is 0 Å². The maximum absolute atomic E-state index is 6.28. The van der Waals surface area contributed by atoms with E-state index >= 15 is 0 Å². The Morgan fingerprint density at radius 1 is 1.15 bits per heavy atom. The average Bonchev–Trinajstić information content (AvgIpc) is 2.84. The Morgan fingerprint density at radius 2 is 1.92 bits per heavy atom. The Bertz CT molecular complexity index is 212. The van der Waals surface area contributed by atoms with Crippen LogP contribution in [0.2, 0.25) is 0 Å². The van der Waals surface area contributed by atoms with Crippen LogP contribution in [0.5, 0.6) is 0 Å². The molecule has 0 aromatic heterocycles. The van der Waals surface area contributed by atoms with Crippen molar-refractivity contribution in [2.75, 3.05) is 7.05 Å². The van der Waals surface area contributed by atoms with Crippen molar-refractivity contribution >= 4 is 0 Å². The number of fused-ring (bicyclic) bond motifs is 2. The summed E-state index contributed by atoms with van der Waals surface area (Å²) in [6.45, 7) is 0. The lowest BCUT2D eigenvalue weighted by Crippen LogP contribution is -2.53. The normalized spacial score (nSPS) is 51.2. The van der Waals surface area contributed by atoms with Crippen LogP contribution in [0.4, 0.5) is 0 Å². The minimum Gasteiger partial charge on any atom is -0.327 e. The van der Waals surface area contributed by atoms with Crippen molar-refractivity contribution in [3.63, 3.8) is 0 Å². The van der Waals surface area contributed by atoms with Crippen molar-refractivity contribution < 1.29 is 0 Å². The Morgan fingerprint density at radius 3 is 2.62 bits per heavy atom. The second kappa shape index (κ2) is 2.71.